The van der Waals surface area contributed by atoms with Crippen LogP contribution in [-0.4, -0.2) is 25.9 Å². The van der Waals surface area contributed by atoms with Crippen LogP contribution in [-0.2, 0) is 22.9 Å². The maximum Gasteiger partial charge on any atom is 0.201 e. The smallest absolute Gasteiger partial charge is 0.201 e. The van der Waals surface area contributed by atoms with Gasteiger partial charge in [-0.1, -0.05) is 55.3 Å². The number of phenols is 1. The molecule has 0 saturated carbocycles. The number of hydrogen-bond acceptors (Lipinski definition) is 4. The van der Waals surface area contributed by atoms with Crippen LogP contribution in [0.3, 0.4) is 0 Å². The quantitative estimate of drug-likeness (QED) is 0.157. The zero-order valence-corrected chi connectivity index (χ0v) is 25.8. The second-order valence-electron chi connectivity index (χ2n) is 9.50. The Bertz CT molecular complexity index is 1180. The fourth-order valence-electron chi connectivity index (χ4n) is 5.07. The van der Waals surface area contributed by atoms with Gasteiger partial charge in [0.05, 0.1) is 20.8 Å². The molecule has 0 amide bonds. The van der Waals surface area contributed by atoms with Crippen molar-refractivity contribution in [2.24, 2.45) is 0 Å². The summed E-state index contributed by atoms with van der Waals surface area (Å²) in [5.74, 6) is 2.50. The van der Waals surface area contributed by atoms with Crippen molar-refractivity contribution in [2.45, 2.75) is 52.4 Å². The van der Waals surface area contributed by atoms with Crippen molar-refractivity contribution >= 4 is 23.8 Å². The standard InChI is InChI=1S/C24H25O4P.C8H13.CH3.Ni/c1-15-7-5-9-18(26-3)23(15)29(24-16(2)8-6-10-19(24)27-4)20-12-11-17-13-14-28-22(17)21(20)25;1-2-4-6-8-7-5-3-1;;/h5-12,25H,13-14H2,1-4H3;1-2,7H,3-6,8H2;1H3;/q;-1;+1;/p+1/b;2-1-;;. The van der Waals surface area contributed by atoms with Crippen LogP contribution in [0.2, 0.25) is 0 Å². The predicted molar refractivity (Wildman–Crippen MR) is 163 cm³/mol. The van der Waals surface area contributed by atoms with Gasteiger partial charge in [-0.05, 0) is 49.6 Å². The number of aryl methyl sites for hydroxylation is 2. The Morgan fingerprint density at radius 1 is 0.846 bits per heavy atom. The van der Waals surface area contributed by atoms with E-state index >= 15 is 0 Å². The van der Waals surface area contributed by atoms with Gasteiger partial charge in [0.25, 0.3) is 0 Å². The van der Waals surface area contributed by atoms with E-state index in [1.54, 1.807) is 14.2 Å². The number of hydrogen-bond donors (Lipinski definition) is 1. The molecule has 212 valence electrons. The van der Waals surface area contributed by atoms with E-state index in [1.165, 1.54) is 32.1 Å². The maximum atomic E-state index is 11.2. The van der Waals surface area contributed by atoms with E-state index in [0.29, 0.717) is 12.4 Å². The minimum Gasteiger partial charge on any atom is -0.502 e. The molecule has 39 heavy (non-hydrogen) atoms. The summed E-state index contributed by atoms with van der Waals surface area (Å²) in [4.78, 5) is 0. The summed E-state index contributed by atoms with van der Waals surface area (Å²) >= 11 is 0. The Morgan fingerprint density at radius 3 is 2.08 bits per heavy atom. The Hall–Kier alpha value is -2.61. The van der Waals surface area contributed by atoms with E-state index in [2.05, 4.69) is 56.7 Å². The molecule has 0 bridgehead atoms. The van der Waals surface area contributed by atoms with Crippen molar-refractivity contribution in [3.8, 4) is 23.0 Å². The van der Waals surface area contributed by atoms with Crippen LogP contribution in [0.15, 0.2) is 60.7 Å². The van der Waals surface area contributed by atoms with Crippen LogP contribution >= 0.6 is 7.92 Å². The molecule has 0 atom stereocenters. The molecule has 1 heterocycles. The predicted octanol–water partition coefficient (Wildman–Crippen LogP) is 6.61. The van der Waals surface area contributed by atoms with Crippen molar-refractivity contribution < 1.29 is 35.8 Å². The monoisotopic (exact) mass is 591 g/mol. The van der Waals surface area contributed by atoms with Crippen molar-refractivity contribution in [1.29, 1.82) is 0 Å². The normalized spacial score (nSPS) is 14.7. The van der Waals surface area contributed by atoms with Gasteiger partial charge in [-0.3, -0.25) is 0 Å². The summed E-state index contributed by atoms with van der Waals surface area (Å²) in [6, 6.07) is 16.3. The Labute approximate surface area is 246 Å². The van der Waals surface area contributed by atoms with Gasteiger partial charge in [0.2, 0.25) is 5.75 Å². The first kappa shape index (κ1) is 32.6. The molecule has 6 heteroatoms. The average molecular weight is 592 g/mol. The summed E-state index contributed by atoms with van der Waals surface area (Å²) in [6.45, 7) is 4.79. The molecule has 1 aliphatic heterocycles. The van der Waals surface area contributed by atoms with Crippen LogP contribution in [0.25, 0.3) is 0 Å². The third-order valence-corrected chi connectivity index (χ3v) is 10.2. The number of aromatic hydroxyl groups is 1. The summed E-state index contributed by atoms with van der Waals surface area (Å²) < 4.78 is 17.3. The van der Waals surface area contributed by atoms with E-state index in [9.17, 15) is 5.11 Å². The molecule has 0 spiro atoms. The van der Waals surface area contributed by atoms with Crippen molar-refractivity contribution in [3.63, 3.8) is 0 Å². The summed E-state index contributed by atoms with van der Waals surface area (Å²) in [5, 5.41) is 14.3. The number of methoxy groups -OCH3 is 2. The number of benzene rings is 3. The molecule has 0 aromatic heterocycles. The molecular weight excluding hydrogens is 550 g/mol. The van der Waals surface area contributed by atoms with Crippen molar-refractivity contribution in [2.75, 3.05) is 20.8 Å². The van der Waals surface area contributed by atoms with E-state index in [0.717, 1.165) is 50.5 Å². The fourth-order valence-corrected chi connectivity index (χ4v) is 8.27. The van der Waals surface area contributed by atoms with Crippen molar-refractivity contribution in [1.82, 2.24) is 0 Å². The maximum absolute atomic E-state index is 11.2. The van der Waals surface area contributed by atoms with Crippen molar-refractivity contribution in [3.05, 3.63) is 91.2 Å². The van der Waals surface area contributed by atoms with E-state index in [1.807, 2.05) is 24.3 Å². The Kier molecular flexibility index (Phi) is 13.3. The topological polar surface area (TPSA) is 47.9 Å². The molecule has 0 fully saturated rings. The van der Waals surface area contributed by atoms with Gasteiger partial charge in [-0.2, -0.15) is 12.8 Å². The fraction of sp³-hybridized carbons (Fsp3) is 0.333. The van der Waals surface area contributed by atoms with Crippen LogP contribution in [0.4, 0.5) is 0 Å². The minimum atomic E-state index is -1.65. The van der Waals surface area contributed by atoms with E-state index in [-0.39, 0.29) is 29.7 Å². The second-order valence-corrected chi connectivity index (χ2v) is 11.8. The van der Waals surface area contributed by atoms with Gasteiger partial charge in [-0.25, -0.2) is 0 Å². The molecule has 0 saturated heterocycles. The van der Waals surface area contributed by atoms with Gasteiger partial charge >= 0.3 is 0 Å². The Balaban J connectivity index is 0.000000461. The first-order valence-corrected chi connectivity index (χ1v) is 14.7. The summed E-state index contributed by atoms with van der Waals surface area (Å²) in [5.41, 5.74) is 3.31. The van der Waals surface area contributed by atoms with Gasteiger partial charge in [0.1, 0.15) is 23.8 Å². The van der Waals surface area contributed by atoms with Gasteiger partial charge in [0, 0.05) is 35.9 Å². The van der Waals surface area contributed by atoms with E-state index in [4.69, 9.17) is 14.2 Å². The number of ether oxygens (including phenoxy) is 3. The number of phenolic OH excluding ortho intramolecular Hbond substituents is 1. The molecule has 3 aromatic carbocycles. The molecule has 0 unspecified atom stereocenters. The third kappa shape index (κ3) is 7.53. The third-order valence-electron chi connectivity index (χ3n) is 6.99. The number of allylic oxidation sites excluding steroid dienone is 2. The molecule has 5 rings (SSSR count). The van der Waals surface area contributed by atoms with Crippen LogP contribution in [0, 0.1) is 27.7 Å². The molecular formula is C33H42NiO4P+. The molecule has 4 nitrogen and oxygen atoms in total. The second kappa shape index (κ2) is 15.9. The zero-order chi connectivity index (χ0) is 26.2. The zero-order valence-electron chi connectivity index (χ0n) is 23.8. The summed E-state index contributed by atoms with van der Waals surface area (Å²) in [6.07, 6.45) is 14.3. The first-order valence-electron chi connectivity index (χ1n) is 13.2. The largest absolute Gasteiger partial charge is 0.502 e. The molecule has 1 N–H and O–H groups in total. The minimum absolute atomic E-state index is 0. The molecule has 1 aliphatic carbocycles. The first-order chi connectivity index (χ1) is 18.1. The van der Waals surface area contributed by atoms with E-state index < -0.39 is 7.92 Å². The number of rotatable bonds is 5. The number of fused-ring (bicyclic) bond motifs is 1. The average Bonchev–Trinajstić information content (AvgIpc) is 3.37. The van der Waals surface area contributed by atoms with Gasteiger partial charge < -0.3 is 25.7 Å². The molecule has 0 radical (unpaired) electrons. The van der Waals surface area contributed by atoms with Gasteiger partial charge in [0.15, 0.2) is 17.2 Å². The molecule has 3 aromatic rings. The van der Waals surface area contributed by atoms with Crippen LogP contribution < -0.4 is 30.1 Å². The Morgan fingerprint density at radius 2 is 1.46 bits per heavy atom. The van der Waals surface area contributed by atoms with Crippen LogP contribution in [0.1, 0.15) is 48.8 Å². The van der Waals surface area contributed by atoms with Crippen LogP contribution in [0.5, 0.6) is 23.0 Å². The molecule has 2 aliphatic rings. The van der Waals surface area contributed by atoms with Gasteiger partial charge in [-0.15, -0.1) is 0 Å². The SMILES string of the molecule is C1=C\CCC[CH-]CC/1.COc1cccc(C)c1[PH+](c1ccc2c(c1O)OCC2)c1c(C)cccc1OC.[CH3+].[Ni]. The summed E-state index contributed by atoms with van der Waals surface area (Å²) in [7, 11) is 1.73.